The molecule has 2 heterocycles. The normalized spacial score (nSPS) is 23.3. The van der Waals surface area contributed by atoms with Crippen LogP contribution in [0.25, 0.3) is 0 Å². The van der Waals surface area contributed by atoms with Gasteiger partial charge in [-0.2, -0.15) is 4.31 Å². The molecule has 2 bridgehead atoms. The number of aryl methyl sites for hydroxylation is 1. The molecule has 2 aliphatic heterocycles. The smallest absolute Gasteiger partial charge is 0.307 e. The largest absolute Gasteiger partial charge is 0.488 e. The van der Waals surface area contributed by atoms with Crippen LogP contribution in [-0.2, 0) is 19.6 Å². The zero-order chi connectivity index (χ0) is 20.8. The summed E-state index contributed by atoms with van der Waals surface area (Å²) in [5.41, 5.74) is 1.78. The van der Waals surface area contributed by atoms with Gasteiger partial charge in [0.25, 0.3) is 0 Å². The van der Waals surface area contributed by atoms with Crippen LogP contribution in [0.5, 0.6) is 5.75 Å². The number of halogens is 1. The van der Waals surface area contributed by atoms with E-state index < -0.39 is 34.2 Å². The molecule has 1 saturated heterocycles. The van der Waals surface area contributed by atoms with Gasteiger partial charge in [-0.1, -0.05) is 33.6 Å². The van der Waals surface area contributed by atoms with Crippen molar-refractivity contribution in [1.82, 2.24) is 4.31 Å². The van der Waals surface area contributed by atoms with Gasteiger partial charge in [0.15, 0.2) is 0 Å². The van der Waals surface area contributed by atoms with Crippen molar-refractivity contribution in [3.63, 3.8) is 0 Å². The van der Waals surface area contributed by atoms with Crippen molar-refractivity contribution in [3.8, 4) is 5.75 Å². The lowest BCUT2D eigenvalue weighted by Crippen LogP contribution is -2.42. The van der Waals surface area contributed by atoms with E-state index in [-0.39, 0.29) is 17.9 Å². The summed E-state index contributed by atoms with van der Waals surface area (Å²) in [7, 11) is -3.84. The highest BCUT2D eigenvalue weighted by molar-refractivity contribution is 9.10. The maximum absolute atomic E-state index is 13.6. The lowest BCUT2D eigenvalue weighted by atomic mass is 9.99. The Hall–Kier alpha value is -1.90. The highest BCUT2D eigenvalue weighted by Gasteiger charge is 2.53. The van der Waals surface area contributed by atoms with Crippen LogP contribution in [0.1, 0.15) is 36.9 Å². The molecule has 0 aliphatic carbocycles. The minimum Gasteiger partial charge on any atom is -0.488 e. The first kappa shape index (κ1) is 20.4. The first-order valence-electron chi connectivity index (χ1n) is 9.53. The summed E-state index contributed by atoms with van der Waals surface area (Å²) in [5.74, 6) is 0.230. The molecule has 0 radical (unpaired) electrons. The number of rotatable bonds is 5. The SMILES string of the molecule is CCOC(=O)CC1C2CC(c3cc(Br)ccc3O2)N1S(=O)(=O)c1ccc(C)cc1. The minimum absolute atomic E-state index is 0.0464. The zero-order valence-corrected chi connectivity index (χ0v) is 18.6. The topological polar surface area (TPSA) is 72.9 Å². The van der Waals surface area contributed by atoms with Gasteiger partial charge in [0.05, 0.1) is 30.0 Å². The Morgan fingerprint density at radius 2 is 1.97 bits per heavy atom. The first-order valence-corrected chi connectivity index (χ1v) is 11.8. The molecule has 3 unspecified atom stereocenters. The van der Waals surface area contributed by atoms with E-state index in [9.17, 15) is 13.2 Å². The van der Waals surface area contributed by atoms with Gasteiger partial charge in [0.2, 0.25) is 10.0 Å². The van der Waals surface area contributed by atoms with Gasteiger partial charge in [-0.05, 0) is 44.2 Å². The Bertz CT molecular complexity index is 1040. The Labute approximate surface area is 179 Å². The molecule has 0 saturated carbocycles. The number of sulfonamides is 1. The summed E-state index contributed by atoms with van der Waals surface area (Å²) in [6.45, 7) is 3.89. The molecule has 0 aromatic heterocycles. The Balaban J connectivity index is 1.80. The fraction of sp³-hybridized carbons (Fsp3) is 0.381. The van der Waals surface area contributed by atoms with Crippen LogP contribution >= 0.6 is 15.9 Å². The van der Waals surface area contributed by atoms with Gasteiger partial charge in [0.1, 0.15) is 11.9 Å². The second kappa shape index (κ2) is 7.74. The number of hydrogen-bond acceptors (Lipinski definition) is 5. The standard InChI is InChI=1S/C21H22BrNO5S/c1-3-27-21(24)12-18-20-11-17(16-10-14(22)6-9-19(16)28-20)23(18)29(25,26)15-7-4-13(2)5-8-15/h4-10,17-18,20H,3,11-12H2,1-2H3. The summed E-state index contributed by atoms with van der Waals surface area (Å²) >= 11 is 3.46. The van der Waals surface area contributed by atoms with E-state index in [0.29, 0.717) is 12.2 Å². The van der Waals surface area contributed by atoms with Crippen LogP contribution in [0.15, 0.2) is 51.8 Å². The van der Waals surface area contributed by atoms with Crippen molar-refractivity contribution >= 4 is 31.9 Å². The molecule has 4 rings (SSSR count). The monoisotopic (exact) mass is 479 g/mol. The van der Waals surface area contributed by atoms with E-state index in [4.69, 9.17) is 9.47 Å². The second-order valence-electron chi connectivity index (χ2n) is 7.31. The third kappa shape index (κ3) is 3.69. The number of fused-ring (bicyclic) bond motifs is 4. The van der Waals surface area contributed by atoms with Gasteiger partial charge in [-0.3, -0.25) is 4.79 Å². The highest BCUT2D eigenvalue weighted by Crippen LogP contribution is 2.50. The van der Waals surface area contributed by atoms with Crippen molar-refractivity contribution in [3.05, 3.63) is 58.1 Å². The Morgan fingerprint density at radius 1 is 1.24 bits per heavy atom. The molecule has 1 fully saturated rings. The Morgan fingerprint density at radius 3 is 2.66 bits per heavy atom. The van der Waals surface area contributed by atoms with Crippen molar-refractivity contribution in [2.45, 2.75) is 49.8 Å². The molecule has 0 spiro atoms. The van der Waals surface area contributed by atoms with Crippen molar-refractivity contribution in [2.24, 2.45) is 0 Å². The van der Waals surface area contributed by atoms with Crippen LogP contribution < -0.4 is 4.74 Å². The molecule has 29 heavy (non-hydrogen) atoms. The number of carbonyl (C=O) groups is 1. The van der Waals surface area contributed by atoms with E-state index in [0.717, 1.165) is 15.6 Å². The predicted octanol–water partition coefficient (Wildman–Crippen LogP) is 3.98. The lowest BCUT2D eigenvalue weighted by molar-refractivity contribution is -0.144. The minimum atomic E-state index is -3.84. The van der Waals surface area contributed by atoms with Gasteiger partial charge in [0, 0.05) is 16.5 Å². The van der Waals surface area contributed by atoms with Crippen LogP contribution in [0, 0.1) is 6.92 Å². The summed E-state index contributed by atoms with van der Waals surface area (Å²) in [4.78, 5) is 12.5. The van der Waals surface area contributed by atoms with Gasteiger partial charge in [-0.25, -0.2) is 8.42 Å². The lowest BCUT2D eigenvalue weighted by Gasteiger charge is -2.28. The molecule has 154 valence electrons. The summed E-state index contributed by atoms with van der Waals surface area (Å²) in [5, 5.41) is 0. The first-order chi connectivity index (χ1) is 13.8. The molecule has 0 amide bonds. The molecular formula is C21H22BrNO5S. The molecular weight excluding hydrogens is 458 g/mol. The van der Waals surface area contributed by atoms with E-state index in [1.54, 1.807) is 31.2 Å². The number of carbonyl (C=O) groups excluding carboxylic acids is 1. The van der Waals surface area contributed by atoms with Crippen LogP contribution in [-0.4, -0.2) is 37.4 Å². The third-order valence-electron chi connectivity index (χ3n) is 5.41. The van der Waals surface area contributed by atoms with Crippen molar-refractivity contribution in [1.29, 1.82) is 0 Å². The molecule has 2 aliphatic rings. The van der Waals surface area contributed by atoms with Gasteiger partial charge < -0.3 is 9.47 Å². The van der Waals surface area contributed by atoms with Crippen LogP contribution in [0.4, 0.5) is 0 Å². The fourth-order valence-electron chi connectivity index (χ4n) is 4.11. The van der Waals surface area contributed by atoms with Gasteiger partial charge >= 0.3 is 5.97 Å². The third-order valence-corrected chi connectivity index (χ3v) is 7.85. The summed E-state index contributed by atoms with van der Waals surface area (Å²) in [6, 6.07) is 11.3. The fourth-order valence-corrected chi connectivity index (χ4v) is 6.31. The maximum atomic E-state index is 13.6. The molecule has 3 atom stereocenters. The highest BCUT2D eigenvalue weighted by atomic mass is 79.9. The maximum Gasteiger partial charge on any atom is 0.307 e. The summed E-state index contributed by atoms with van der Waals surface area (Å²) in [6.07, 6.45) is 0.0479. The molecule has 2 aromatic rings. The van der Waals surface area contributed by atoms with Crippen LogP contribution in [0.3, 0.4) is 0 Å². The van der Waals surface area contributed by atoms with Crippen LogP contribution in [0.2, 0.25) is 0 Å². The number of nitrogens with zero attached hydrogens (tertiary/aromatic N) is 1. The molecule has 6 nitrogen and oxygen atoms in total. The van der Waals surface area contributed by atoms with Gasteiger partial charge in [-0.15, -0.1) is 0 Å². The summed E-state index contributed by atoms with van der Waals surface area (Å²) < 4.78 is 40.8. The van der Waals surface area contributed by atoms with E-state index in [2.05, 4.69) is 15.9 Å². The average molecular weight is 480 g/mol. The number of benzene rings is 2. The second-order valence-corrected chi connectivity index (χ2v) is 10.1. The molecule has 8 heteroatoms. The Kier molecular flexibility index (Phi) is 5.44. The average Bonchev–Trinajstić information content (AvgIpc) is 2.96. The van der Waals surface area contributed by atoms with Crippen molar-refractivity contribution in [2.75, 3.05) is 6.61 Å². The number of esters is 1. The van der Waals surface area contributed by atoms with E-state index in [1.807, 2.05) is 25.1 Å². The molecule has 2 aromatic carbocycles. The zero-order valence-electron chi connectivity index (χ0n) is 16.2. The van der Waals surface area contributed by atoms with E-state index >= 15 is 0 Å². The van der Waals surface area contributed by atoms with Crippen molar-refractivity contribution < 1.29 is 22.7 Å². The number of hydrogen-bond donors (Lipinski definition) is 0. The van der Waals surface area contributed by atoms with E-state index in [1.165, 1.54) is 4.31 Å². The predicted molar refractivity (Wildman–Crippen MR) is 111 cm³/mol. The number of ether oxygens (including phenoxy) is 2. The quantitative estimate of drug-likeness (QED) is 0.606. The molecule has 0 N–H and O–H groups in total.